The Morgan fingerprint density at radius 1 is 0.266 bits per heavy atom. The summed E-state index contributed by atoms with van der Waals surface area (Å²) in [6, 6.07) is 92.7. The van der Waals surface area contributed by atoms with Gasteiger partial charge in [0.2, 0.25) is 0 Å². The molecule has 0 saturated carbocycles. The largest absolute Gasteiger partial charge is 0.310 e. The van der Waals surface area contributed by atoms with Gasteiger partial charge in [0.05, 0.1) is 16.7 Å². The summed E-state index contributed by atoms with van der Waals surface area (Å²) in [5.74, 6) is 0. The van der Waals surface area contributed by atoms with E-state index < -0.39 is 0 Å². The van der Waals surface area contributed by atoms with E-state index >= 15 is 0 Å². The van der Waals surface area contributed by atoms with Crippen molar-refractivity contribution in [3.8, 4) is 50.2 Å². The van der Waals surface area contributed by atoms with Crippen LogP contribution in [0.3, 0.4) is 0 Å². The molecule has 0 unspecified atom stereocenters. The van der Waals surface area contributed by atoms with Crippen molar-refractivity contribution < 1.29 is 0 Å². The van der Waals surface area contributed by atoms with E-state index in [0.717, 1.165) is 33.9 Å². The molecular weight excluding hydrogens is 773 g/mol. The number of fused-ring (bicyclic) bond motifs is 6. The van der Waals surface area contributed by atoms with Gasteiger partial charge in [-0.05, 0) is 127 Å². The Kier molecular flexibility index (Phi) is 9.20. The van der Waals surface area contributed by atoms with Gasteiger partial charge in [0.25, 0.3) is 0 Å². The maximum atomic E-state index is 2.41. The summed E-state index contributed by atoms with van der Waals surface area (Å²) in [5.41, 5.74) is 16.3. The van der Waals surface area contributed by atoms with Crippen molar-refractivity contribution in [2.45, 2.75) is 0 Å². The molecule has 1 heterocycles. The number of rotatable bonds is 8. The van der Waals surface area contributed by atoms with E-state index in [1.807, 2.05) is 0 Å². The van der Waals surface area contributed by atoms with Crippen molar-refractivity contribution in [3.63, 3.8) is 0 Å². The first-order chi connectivity index (χ1) is 31.7. The fourth-order valence-electron chi connectivity index (χ4n) is 9.73. The lowest BCUT2D eigenvalue weighted by molar-refractivity contribution is 1.18. The number of hydrogen-bond donors (Lipinski definition) is 0. The summed E-state index contributed by atoms with van der Waals surface area (Å²) in [7, 11) is 0. The topological polar surface area (TPSA) is 8.17 Å². The fourth-order valence-corrected chi connectivity index (χ4v) is 9.73. The van der Waals surface area contributed by atoms with E-state index in [1.54, 1.807) is 0 Å². The van der Waals surface area contributed by atoms with E-state index in [1.165, 1.54) is 76.7 Å². The lowest BCUT2D eigenvalue weighted by Crippen LogP contribution is -2.11. The summed E-state index contributed by atoms with van der Waals surface area (Å²) in [6.45, 7) is 0. The molecule has 64 heavy (non-hydrogen) atoms. The third kappa shape index (κ3) is 6.52. The molecule has 300 valence electrons. The molecule has 0 amide bonds. The van der Waals surface area contributed by atoms with E-state index in [2.05, 4.69) is 264 Å². The SMILES string of the molecule is c1ccc(-c2cccc(-c3ccc(N(c4ccc(-c5cccc6c5ccc5ccccc56)cc4)c4ccccc4-c4ccc5c(c4)c4ccccc4n5-c4ccccc4)cc3)c2)cc1. The molecule has 0 saturated heterocycles. The highest BCUT2D eigenvalue weighted by Crippen LogP contribution is 2.44. The normalized spacial score (nSPS) is 11.4. The second kappa shape index (κ2) is 15.8. The minimum Gasteiger partial charge on any atom is -0.310 e. The summed E-state index contributed by atoms with van der Waals surface area (Å²) in [4.78, 5) is 2.41. The van der Waals surface area contributed by atoms with Crippen molar-refractivity contribution >= 4 is 60.4 Å². The molecule has 1 aromatic heterocycles. The minimum atomic E-state index is 1.08. The quantitative estimate of drug-likeness (QED) is 0.139. The zero-order valence-corrected chi connectivity index (χ0v) is 35.1. The average Bonchev–Trinajstić information content (AvgIpc) is 3.71. The monoisotopic (exact) mass is 814 g/mol. The number of para-hydroxylation sites is 3. The van der Waals surface area contributed by atoms with E-state index in [9.17, 15) is 0 Å². The highest BCUT2D eigenvalue weighted by Gasteiger charge is 2.20. The van der Waals surface area contributed by atoms with Crippen molar-refractivity contribution in [2.75, 3.05) is 4.90 Å². The van der Waals surface area contributed by atoms with Gasteiger partial charge in [0.1, 0.15) is 0 Å². The van der Waals surface area contributed by atoms with Gasteiger partial charge in [0, 0.05) is 33.4 Å². The van der Waals surface area contributed by atoms with Crippen molar-refractivity contribution in [3.05, 3.63) is 255 Å². The molecule has 0 aliphatic heterocycles. The summed E-state index contributed by atoms with van der Waals surface area (Å²) < 4.78 is 2.38. The molecule has 0 bridgehead atoms. The highest BCUT2D eigenvalue weighted by molar-refractivity contribution is 6.13. The Balaban J connectivity index is 0.993. The molecular formula is C62H42N2. The Labute approximate surface area is 373 Å². The Hall–Kier alpha value is -8.46. The molecule has 12 rings (SSSR count). The molecule has 0 N–H and O–H groups in total. The predicted octanol–water partition coefficient (Wildman–Crippen LogP) is 17.2. The van der Waals surface area contributed by atoms with Crippen LogP contribution in [0, 0.1) is 0 Å². The molecule has 0 spiro atoms. The molecule has 0 atom stereocenters. The van der Waals surface area contributed by atoms with E-state index in [0.29, 0.717) is 0 Å². The summed E-state index contributed by atoms with van der Waals surface area (Å²) in [6.07, 6.45) is 0. The minimum absolute atomic E-state index is 1.08. The van der Waals surface area contributed by atoms with Crippen LogP contribution in [-0.4, -0.2) is 4.57 Å². The Morgan fingerprint density at radius 3 is 1.59 bits per heavy atom. The maximum absolute atomic E-state index is 2.41. The van der Waals surface area contributed by atoms with Crippen LogP contribution in [0.1, 0.15) is 0 Å². The lowest BCUT2D eigenvalue weighted by atomic mass is 9.94. The third-order valence-electron chi connectivity index (χ3n) is 12.8. The van der Waals surface area contributed by atoms with Gasteiger partial charge in [-0.2, -0.15) is 0 Å². The predicted molar refractivity (Wildman–Crippen MR) is 272 cm³/mol. The van der Waals surface area contributed by atoms with Crippen LogP contribution in [-0.2, 0) is 0 Å². The number of nitrogens with zero attached hydrogens (tertiary/aromatic N) is 2. The van der Waals surface area contributed by atoms with E-state index in [-0.39, 0.29) is 0 Å². The number of hydrogen-bond acceptors (Lipinski definition) is 1. The third-order valence-corrected chi connectivity index (χ3v) is 12.8. The molecule has 0 aliphatic carbocycles. The molecule has 2 heteroatoms. The first-order valence-corrected chi connectivity index (χ1v) is 22.0. The van der Waals surface area contributed by atoms with Crippen LogP contribution in [0.5, 0.6) is 0 Å². The van der Waals surface area contributed by atoms with Crippen molar-refractivity contribution in [1.29, 1.82) is 0 Å². The van der Waals surface area contributed by atoms with Gasteiger partial charge in [-0.25, -0.2) is 0 Å². The second-order valence-corrected chi connectivity index (χ2v) is 16.5. The van der Waals surface area contributed by atoms with Gasteiger partial charge in [0.15, 0.2) is 0 Å². The van der Waals surface area contributed by atoms with Crippen molar-refractivity contribution in [2.24, 2.45) is 0 Å². The van der Waals surface area contributed by atoms with Gasteiger partial charge >= 0.3 is 0 Å². The van der Waals surface area contributed by atoms with Gasteiger partial charge < -0.3 is 9.47 Å². The smallest absolute Gasteiger partial charge is 0.0541 e. The Morgan fingerprint density at radius 2 is 0.812 bits per heavy atom. The Bertz CT molecular complexity index is 3640. The molecule has 0 fully saturated rings. The fraction of sp³-hybridized carbons (Fsp3) is 0. The van der Waals surface area contributed by atoms with Crippen LogP contribution in [0.4, 0.5) is 17.1 Å². The molecule has 0 aliphatic rings. The number of aromatic nitrogens is 1. The highest BCUT2D eigenvalue weighted by atomic mass is 15.1. The standard InChI is InChI=1S/C62H42N2/c1-3-15-43(16-4-1)47-18-13-19-48(41-47)44-29-35-51(36-30-44)63(52-37-31-46(32-38-52)54-25-14-26-56-53-22-8-7-17-45(53)33-39-57(54)56)60-27-11-9-23-55(60)49-34-40-62-59(42-49)58-24-10-12-28-61(58)64(62)50-20-5-2-6-21-50/h1-42H. The first kappa shape index (κ1) is 37.3. The average molecular weight is 815 g/mol. The van der Waals surface area contributed by atoms with Crippen LogP contribution >= 0.6 is 0 Å². The second-order valence-electron chi connectivity index (χ2n) is 16.5. The van der Waals surface area contributed by atoms with Crippen LogP contribution in [0.15, 0.2) is 255 Å². The van der Waals surface area contributed by atoms with Crippen LogP contribution in [0.25, 0.3) is 93.5 Å². The van der Waals surface area contributed by atoms with Gasteiger partial charge in [-0.1, -0.05) is 188 Å². The maximum Gasteiger partial charge on any atom is 0.0541 e. The van der Waals surface area contributed by atoms with Crippen molar-refractivity contribution in [1.82, 2.24) is 4.57 Å². The van der Waals surface area contributed by atoms with Crippen LogP contribution < -0.4 is 4.90 Å². The molecule has 11 aromatic carbocycles. The molecule has 0 radical (unpaired) electrons. The van der Waals surface area contributed by atoms with Crippen LogP contribution in [0.2, 0.25) is 0 Å². The van der Waals surface area contributed by atoms with E-state index in [4.69, 9.17) is 0 Å². The summed E-state index contributed by atoms with van der Waals surface area (Å²) >= 11 is 0. The molecule has 2 nitrogen and oxygen atoms in total. The zero-order valence-electron chi connectivity index (χ0n) is 35.1. The molecule has 12 aromatic rings. The zero-order chi connectivity index (χ0) is 42.4. The van der Waals surface area contributed by atoms with Gasteiger partial charge in [-0.15, -0.1) is 0 Å². The first-order valence-electron chi connectivity index (χ1n) is 22.0. The number of anilines is 3. The lowest BCUT2D eigenvalue weighted by Gasteiger charge is -2.28. The summed E-state index contributed by atoms with van der Waals surface area (Å²) in [5, 5.41) is 7.53. The van der Waals surface area contributed by atoms with Gasteiger partial charge in [-0.3, -0.25) is 0 Å². The number of benzene rings is 11.